The van der Waals surface area contributed by atoms with Gasteiger partial charge in [-0.15, -0.1) is 11.8 Å². The molecule has 2 nitrogen and oxygen atoms in total. The number of benzene rings is 1. The van der Waals surface area contributed by atoms with Gasteiger partial charge in [-0.2, -0.15) is 0 Å². The molecule has 0 amide bonds. The molecule has 0 saturated heterocycles. The standard InChI is InChI=1S/C15H18N2S/c1-12(16)14-4-6-15(7-5-14)18-10-8-13-3-2-9-17-11-13/h2-7,9,11-12H,8,10,16H2,1H3. The molecule has 0 radical (unpaired) electrons. The third-order valence-electron chi connectivity index (χ3n) is 2.79. The third kappa shape index (κ3) is 3.86. The number of pyridine rings is 1. The highest BCUT2D eigenvalue weighted by Gasteiger charge is 2.00. The fourth-order valence-corrected chi connectivity index (χ4v) is 2.60. The number of aromatic nitrogens is 1. The van der Waals surface area contributed by atoms with E-state index in [1.165, 1.54) is 16.0 Å². The minimum atomic E-state index is 0.111. The Labute approximate surface area is 113 Å². The van der Waals surface area contributed by atoms with Crippen molar-refractivity contribution in [3.63, 3.8) is 0 Å². The highest BCUT2D eigenvalue weighted by atomic mass is 32.2. The molecule has 1 atom stereocenters. The van der Waals surface area contributed by atoms with Crippen molar-refractivity contribution in [1.29, 1.82) is 0 Å². The van der Waals surface area contributed by atoms with E-state index in [4.69, 9.17) is 5.73 Å². The molecule has 1 aromatic carbocycles. The predicted molar refractivity (Wildman–Crippen MR) is 77.7 cm³/mol. The first-order valence-corrected chi connectivity index (χ1v) is 7.11. The summed E-state index contributed by atoms with van der Waals surface area (Å²) in [5.74, 6) is 1.07. The van der Waals surface area contributed by atoms with Gasteiger partial charge in [0.2, 0.25) is 0 Å². The molecule has 0 bridgehead atoms. The van der Waals surface area contributed by atoms with Crippen LogP contribution in [0.15, 0.2) is 53.7 Å². The van der Waals surface area contributed by atoms with Crippen LogP contribution in [0.1, 0.15) is 24.1 Å². The minimum absolute atomic E-state index is 0.111. The molecule has 1 unspecified atom stereocenters. The summed E-state index contributed by atoms with van der Waals surface area (Å²) < 4.78 is 0. The van der Waals surface area contributed by atoms with Crippen LogP contribution in [0.5, 0.6) is 0 Å². The molecule has 94 valence electrons. The van der Waals surface area contributed by atoms with Crippen molar-refractivity contribution in [2.24, 2.45) is 5.73 Å². The Hall–Kier alpha value is -1.32. The van der Waals surface area contributed by atoms with Gasteiger partial charge in [0.05, 0.1) is 0 Å². The van der Waals surface area contributed by atoms with E-state index in [2.05, 4.69) is 35.3 Å². The molecule has 3 heteroatoms. The second-order valence-electron chi connectivity index (χ2n) is 4.32. The molecule has 0 spiro atoms. The van der Waals surface area contributed by atoms with Crippen LogP contribution >= 0.6 is 11.8 Å². The van der Waals surface area contributed by atoms with Crippen LogP contribution in [-0.2, 0) is 6.42 Å². The largest absolute Gasteiger partial charge is 0.324 e. The summed E-state index contributed by atoms with van der Waals surface area (Å²) in [6.07, 6.45) is 4.79. The van der Waals surface area contributed by atoms with Crippen LogP contribution in [0.25, 0.3) is 0 Å². The van der Waals surface area contributed by atoms with E-state index in [-0.39, 0.29) is 6.04 Å². The highest BCUT2D eigenvalue weighted by molar-refractivity contribution is 7.99. The number of rotatable bonds is 5. The molecule has 0 aliphatic heterocycles. The number of hydrogen-bond acceptors (Lipinski definition) is 3. The van der Waals surface area contributed by atoms with Gasteiger partial charge in [0, 0.05) is 29.1 Å². The average Bonchev–Trinajstić information content (AvgIpc) is 2.40. The number of nitrogens with zero attached hydrogens (tertiary/aromatic N) is 1. The first-order chi connectivity index (χ1) is 8.75. The van der Waals surface area contributed by atoms with Crippen molar-refractivity contribution < 1.29 is 0 Å². The van der Waals surface area contributed by atoms with E-state index in [1.54, 1.807) is 0 Å². The maximum absolute atomic E-state index is 5.83. The first kappa shape index (κ1) is 13.1. The van der Waals surface area contributed by atoms with E-state index in [1.807, 2.05) is 37.1 Å². The summed E-state index contributed by atoms with van der Waals surface area (Å²) in [7, 11) is 0. The van der Waals surface area contributed by atoms with Crippen LogP contribution in [0, 0.1) is 0 Å². The van der Waals surface area contributed by atoms with Gasteiger partial charge in [0.1, 0.15) is 0 Å². The summed E-state index contributed by atoms with van der Waals surface area (Å²) >= 11 is 1.87. The summed E-state index contributed by atoms with van der Waals surface area (Å²) in [4.78, 5) is 5.41. The average molecular weight is 258 g/mol. The molecule has 2 N–H and O–H groups in total. The van der Waals surface area contributed by atoms with Gasteiger partial charge in [-0.3, -0.25) is 4.98 Å². The SMILES string of the molecule is CC(N)c1ccc(SCCc2cccnc2)cc1. The van der Waals surface area contributed by atoms with E-state index in [0.29, 0.717) is 0 Å². The molecule has 2 aromatic rings. The van der Waals surface area contributed by atoms with Crippen molar-refractivity contribution in [2.75, 3.05) is 5.75 Å². The fraction of sp³-hybridized carbons (Fsp3) is 0.267. The minimum Gasteiger partial charge on any atom is -0.324 e. The lowest BCUT2D eigenvalue weighted by Gasteiger charge is -2.06. The molecule has 1 aromatic heterocycles. The Morgan fingerprint density at radius 1 is 1.22 bits per heavy atom. The summed E-state index contributed by atoms with van der Waals surface area (Å²) in [6, 6.07) is 12.7. The number of thioether (sulfide) groups is 1. The van der Waals surface area contributed by atoms with Crippen molar-refractivity contribution in [1.82, 2.24) is 4.98 Å². The zero-order chi connectivity index (χ0) is 12.8. The molecule has 0 aliphatic rings. The van der Waals surface area contributed by atoms with Crippen molar-refractivity contribution in [2.45, 2.75) is 24.3 Å². The number of nitrogens with two attached hydrogens (primary N) is 1. The van der Waals surface area contributed by atoms with Crippen molar-refractivity contribution >= 4 is 11.8 Å². The number of hydrogen-bond donors (Lipinski definition) is 1. The lowest BCUT2D eigenvalue weighted by Crippen LogP contribution is -2.04. The van der Waals surface area contributed by atoms with Gasteiger partial charge >= 0.3 is 0 Å². The van der Waals surface area contributed by atoms with E-state index >= 15 is 0 Å². The molecular weight excluding hydrogens is 240 g/mol. The summed E-state index contributed by atoms with van der Waals surface area (Å²) in [6.45, 7) is 2.00. The zero-order valence-corrected chi connectivity index (χ0v) is 11.4. The molecular formula is C15H18N2S. The Morgan fingerprint density at radius 2 is 2.00 bits per heavy atom. The summed E-state index contributed by atoms with van der Waals surface area (Å²) in [5, 5.41) is 0. The van der Waals surface area contributed by atoms with Crippen LogP contribution in [-0.4, -0.2) is 10.7 Å². The lowest BCUT2D eigenvalue weighted by atomic mass is 10.1. The monoisotopic (exact) mass is 258 g/mol. The normalized spacial score (nSPS) is 12.3. The fourth-order valence-electron chi connectivity index (χ4n) is 1.70. The van der Waals surface area contributed by atoms with E-state index in [0.717, 1.165) is 12.2 Å². The molecule has 0 saturated carbocycles. The maximum Gasteiger partial charge on any atom is 0.0300 e. The van der Waals surface area contributed by atoms with E-state index in [9.17, 15) is 0 Å². The molecule has 0 fully saturated rings. The number of aryl methyl sites for hydroxylation is 1. The Balaban J connectivity index is 1.83. The zero-order valence-electron chi connectivity index (χ0n) is 10.5. The third-order valence-corrected chi connectivity index (χ3v) is 3.80. The topological polar surface area (TPSA) is 38.9 Å². The predicted octanol–water partition coefficient (Wildman–Crippen LogP) is 3.44. The smallest absolute Gasteiger partial charge is 0.0300 e. The van der Waals surface area contributed by atoms with Gasteiger partial charge in [-0.1, -0.05) is 18.2 Å². The summed E-state index contributed by atoms with van der Waals surface area (Å²) in [5.41, 5.74) is 8.30. The Kier molecular flexibility index (Phi) is 4.79. The molecule has 2 rings (SSSR count). The molecule has 18 heavy (non-hydrogen) atoms. The highest BCUT2D eigenvalue weighted by Crippen LogP contribution is 2.21. The van der Waals surface area contributed by atoms with Crippen LogP contribution < -0.4 is 5.73 Å². The lowest BCUT2D eigenvalue weighted by molar-refractivity contribution is 0.817. The van der Waals surface area contributed by atoms with E-state index < -0.39 is 0 Å². The van der Waals surface area contributed by atoms with Gasteiger partial charge in [0.15, 0.2) is 0 Å². The first-order valence-electron chi connectivity index (χ1n) is 6.13. The Morgan fingerprint density at radius 3 is 2.61 bits per heavy atom. The second-order valence-corrected chi connectivity index (χ2v) is 5.49. The van der Waals surface area contributed by atoms with Crippen LogP contribution in [0.2, 0.25) is 0 Å². The van der Waals surface area contributed by atoms with Crippen LogP contribution in [0.3, 0.4) is 0 Å². The van der Waals surface area contributed by atoms with Crippen molar-refractivity contribution in [3.05, 3.63) is 59.9 Å². The van der Waals surface area contributed by atoms with Crippen molar-refractivity contribution in [3.8, 4) is 0 Å². The molecule has 1 heterocycles. The van der Waals surface area contributed by atoms with Crippen LogP contribution in [0.4, 0.5) is 0 Å². The molecule has 0 aliphatic carbocycles. The van der Waals surface area contributed by atoms with Gasteiger partial charge in [0.25, 0.3) is 0 Å². The van der Waals surface area contributed by atoms with Gasteiger partial charge in [-0.25, -0.2) is 0 Å². The van der Waals surface area contributed by atoms with Gasteiger partial charge < -0.3 is 5.73 Å². The second kappa shape index (κ2) is 6.57. The Bertz CT molecular complexity index is 466. The quantitative estimate of drug-likeness (QED) is 0.835. The maximum atomic E-state index is 5.83. The van der Waals surface area contributed by atoms with Gasteiger partial charge in [-0.05, 0) is 42.7 Å².